The van der Waals surface area contributed by atoms with Gasteiger partial charge in [-0.25, -0.2) is 14.2 Å². The molecule has 2 fully saturated rings. The Morgan fingerprint density at radius 3 is 2.64 bits per heavy atom. The van der Waals surface area contributed by atoms with Gasteiger partial charge in [-0.3, -0.25) is 9.69 Å². The molecule has 4 rings (SSSR count). The summed E-state index contributed by atoms with van der Waals surface area (Å²) in [6.07, 6.45) is 6.03. The zero-order chi connectivity index (χ0) is 19.5. The van der Waals surface area contributed by atoms with E-state index in [1.807, 2.05) is 4.90 Å². The molecule has 1 aliphatic carbocycles. The van der Waals surface area contributed by atoms with Gasteiger partial charge in [-0.15, -0.1) is 0 Å². The molecule has 0 atom stereocenters. The molecule has 1 saturated heterocycles. The molecule has 0 unspecified atom stereocenters. The quantitative estimate of drug-likeness (QED) is 0.860. The highest BCUT2D eigenvalue weighted by atomic mass is 19.1. The van der Waals surface area contributed by atoms with E-state index in [-0.39, 0.29) is 18.4 Å². The molecule has 0 radical (unpaired) electrons. The van der Waals surface area contributed by atoms with Crippen molar-refractivity contribution in [2.75, 3.05) is 23.3 Å². The number of carbonyl (C=O) groups is 2. The van der Waals surface area contributed by atoms with Crippen molar-refractivity contribution >= 4 is 23.4 Å². The van der Waals surface area contributed by atoms with E-state index in [1.165, 1.54) is 25.1 Å². The lowest BCUT2D eigenvalue weighted by molar-refractivity contribution is -0.115. The number of hydrogen-bond donors (Lipinski definition) is 1. The van der Waals surface area contributed by atoms with Gasteiger partial charge >= 0.3 is 6.03 Å². The molecular weight excluding hydrogens is 359 g/mol. The minimum Gasteiger partial charge on any atom is -0.324 e. The third kappa shape index (κ3) is 3.83. The summed E-state index contributed by atoms with van der Waals surface area (Å²) < 4.78 is 13.7. The van der Waals surface area contributed by atoms with Crippen LogP contribution in [0.2, 0.25) is 0 Å². The number of pyridine rings is 1. The topological polar surface area (TPSA) is 65.5 Å². The standard InChI is InChI=1S/C21H23FN4O2/c22-18-8-4-1-5-15(18)13-20(27)24-16-9-10-19(23-14-16)26-12-11-25(21(26)28)17-6-2-3-7-17/h1,4-5,8-10,14,17H,2-3,6-7,11-13H2,(H,24,27). The normalized spacial score (nSPS) is 17.4. The van der Waals surface area contributed by atoms with Crippen molar-refractivity contribution in [1.29, 1.82) is 0 Å². The summed E-state index contributed by atoms with van der Waals surface area (Å²) in [5.41, 5.74) is 0.864. The number of amides is 3. The number of hydrogen-bond acceptors (Lipinski definition) is 3. The van der Waals surface area contributed by atoms with Gasteiger partial charge in [0.05, 0.1) is 18.3 Å². The van der Waals surface area contributed by atoms with Crippen LogP contribution in [0.1, 0.15) is 31.2 Å². The Morgan fingerprint density at radius 1 is 1.14 bits per heavy atom. The van der Waals surface area contributed by atoms with Gasteiger partial charge in [0.1, 0.15) is 11.6 Å². The van der Waals surface area contributed by atoms with E-state index in [1.54, 1.807) is 35.2 Å². The molecule has 1 aliphatic heterocycles. The van der Waals surface area contributed by atoms with Crippen molar-refractivity contribution in [2.24, 2.45) is 0 Å². The number of anilines is 2. The lowest BCUT2D eigenvalue weighted by atomic mass is 10.1. The summed E-state index contributed by atoms with van der Waals surface area (Å²) in [5, 5.41) is 2.72. The number of carbonyl (C=O) groups excluding carboxylic acids is 2. The van der Waals surface area contributed by atoms with E-state index in [4.69, 9.17) is 0 Å². The van der Waals surface area contributed by atoms with Crippen LogP contribution < -0.4 is 10.2 Å². The smallest absolute Gasteiger partial charge is 0.324 e. The van der Waals surface area contributed by atoms with Crippen molar-refractivity contribution in [3.05, 3.63) is 54.0 Å². The van der Waals surface area contributed by atoms with Gasteiger partial charge in [0.15, 0.2) is 0 Å². The van der Waals surface area contributed by atoms with Crippen LogP contribution in [-0.2, 0) is 11.2 Å². The SMILES string of the molecule is O=C(Cc1ccccc1F)Nc1ccc(N2CCN(C3CCCC3)C2=O)nc1. The van der Waals surface area contributed by atoms with Crippen LogP contribution in [0.3, 0.4) is 0 Å². The predicted molar refractivity (Wildman–Crippen MR) is 105 cm³/mol. The Balaban J connectivity index is 1.37. The molecule has 0 bridgehead atoms. The van der Waals surface area contributed by atoms with Crippen LogP contribution in [0.5, 0.6) is 0 Å². The third-order valence-corrected chi connectivity index (χ3v) is 5.42. The zero-order valence-corrected chi connectivity index (χ0v) is 15.6. The molecule has 6 nitrogen and oxygen atoms in total. The highest BCUT2D eigenvalue weighted by molar-refractivity contribution is 5.94. The van der Waals surface area contributed by atoms with E-state index in [0.29, 0.717) is 29.7 Å². The molecule has 2 aromatic rings. The highest BCUT2D eigenvalue weighted by Gasteiger charge is 2.36. The van der Waals surface area contributed by atoms with Gasteiger partial charge in [-0.2, -0.15) is 0 Å². The average molecular weight is 382 g/mol. The summed E-state index contributed by atoms with van der Waals surface area (Å²) in [7, 11) is 0. The van der Waals surface area contributed by atoms with Gasteiger partial charge in [0.2, 0.25) is 5.91 Å². The fourth-order valence-electron chi connectivity index (χ4n) is 3.96. The van der Waals surface area contributed by atoms with Crippen molar-refractivity contribution in [2.45, 2.75) is 38.1 Å². The van der Waals surface area contributed by atoms with Crippen LogP contribution >= 0.6 is 0 Å². The van der Waals surface area contributed by atoms with Crippen molar-refractivity contribution < 1.29 is 14.0 Å². The largest absolute Gasteiger partial charge is 0.326 e. The number of nitrogens with zero attached hydrogens (tertiary/aromatic N) is 3. The summed E-state index contributed by atoms with van der Waals surface area (Å²) in [5.74, 6) is -0.132. The molecule has 1 saturated carbocycles. The van der Waals surface area contributed by atoms with E-state index in [0.717, 1.165) is 19.4 Å². The van der Waals surface area contributed by atoms with Gasteiger partial charge in [-0.1, -0.05) is 31.0 Å². The minimum atomic E-state index is -0.398. The summed E-state index contributed by atoms with van der Waals surface area (Å²) in [4.78, 5) is 32.8. The first kappa shape index (κ1) is 18.4. The van der Waals surface area contributed by atoms with Crippen LogP contribution in [-0.4, -0.2) is 41.0 Å². The van der Waals surface area contributed by atoms with Crippen LogP contribution in [0.4, 0.5) is 20.7 Å². The molecule has 2 aliphatic rings. The highest BCUT2D eigenvalue weighted by Crippen LogP contribution is 2.28. The van der Waals surface area contributed by atoms with E-state index in [9.17, 15) is 14.0 Å². The van der Waals surface area contributed by atoms with Gasteiger partial charge in [-0.05, 0) is 36.6 Å². The third-order valence-electron chi connectivity index (χ3n) is 5.42. The molecule has 28 heavy (non-hydrogen) atoms. The molecular formula is C21H23FN4O2. The molecule has 146 valence electrons. The Hall–Kier alpha value is -2.96. The zero-order valence-electron chi connectivity index (χ0n) is 15.6. The molecule has 0 spiro atoms. The molecule has 1 aromatic heterocycles. The number of benzene rings is 1. The molecule has 3 amide bonds. The monoisotopic (exact) mass is 382 g/mol. The Morgan fingerprint density at radius 2 is 1.93 bits per heavy atom. The second-order valence-corrected chi connectivity index (χ2v) is 7.29. The van der Waals surface area contributed by atoms with Gasteiger partial charge < -0.3 is 10.2 Å². The first-order valence-electron chi connectivity index (χ1n) is 9.69. The van der Waals surface area contributed by atoms with Crippen LogP contribution in [0, 0.1) is 5.82 Å². The van der Waals surface area contributed by atoms with Crippen LogP contribution in [0.15, 0.2) is 42.6 Å². The maximum Gasteiger partial charge on any atom is 0.326 e. The lowest BCUT2D eigenvalue weighted by Crippen LogP contribution is -2.38. The Bertz CT molecular complexity index is 865. The molecule has 1 N–H and O–H groups in total. The summed E-state index contributed by atoms with van der Waals surface area (Å²) >= 11 is 0. The molecule has 2 heterocycles. The fourth-order valence-corrected chi connectivity index (χ4v) is 3.96. The number of rotatable bonds is 5. The summed E-state index contributed by atoms with van der Waals surface area (Å²) in [6, 6.07) is 10.0. The second-order valence-electron chi connectivity index (χ2n) is 7.29. The fraction of sp³-hybridized carbons (Fsp3) is 0.381. The van der Waals surface area contributed by atoms with Crippen molar-refractivity contribution in [1.82, 2.24) is 9.88 Å². The Labute approximate surface area is 163 Å². The summed E-state index contributed by atoms with van der Waals surface area (Å²) in [6.45, 7) is 1.35. The maximum absolute atomic E-state index is 13.7. The van der Waals surface area contributed by atoms with Crippen molar-refractivity contribution in [3.63, 3.8) is 0 Å². The van der Waals surface area contributed by atoms with Crippen LogP contribution in [0.25, 0.3) is 0 Å². The van der Waals surface area contributed by atoms with E-state index in [2.05, 4.69) is 10.3 Å². The minimum absolute atomic E-state index is 0.00994. The number of nitrogens with one attached hydrogen (secondary N) is 1. The molecule has 7 heteroatoms. The lowest BCUT2D eigenvalue weighted by Gasteiger charge is -2.23. The van der Waals surface area contributed by atoms with E-state index >= 15 is 0 Å². The average Bonchev–Trinajstić information content (AvgIpc) is 3.34. The number of aromatic nitrogens is 1. The molecule has 1 aromatic carbocycles. The Kier molecular flexibility index (Phi) is 5.23. The first-order chi connectivity index (χ1) is 13.6. The van der Waals surface area contributed by atoms with Gasteiger partial charge in [0, 0.05) is 19.1 Å². The number of halogens is 1. The van der Waals surface area contributed by atoms with Gasteiger partial charge in [0.25, 0.3) is 0 Å². The second kappa shape index (κ2) is 7.96. The predicted octanol–water partition coefficient (Wildman–Crippen LogP) is 3.59. The van der Waals surface area contributed by atoms with Crippen molar-refractivity contribution in [3.8, 4) is 0 Å². The number of urea groups is 1. The first-order valence-corrected chi connectivity index (χ1v) is 9.69. The maximum atomic E-state index is 13.7. The van der Waals surface area contributed by atoms with E-state index < -0.39 is 5.82 Å².